The van der Waals surface area contributed by atoms with Crippen LogP contribution in [0.1, 0.15) is 49.4 Å². The second kappa shape index (κ2) is 42.1. The number of hydrogen-bond acceptors (Lipinski definition) is 25. The molecule has 0 bridgehead atoms. The highest BCUT2D eigenvalue weighted by Gasteiger charge is 2.26. The number of nitrogens with zero attached hydrogens (tertiary/aromatic N) is 6. The van der Waals surface area contributed by atoms with Crippen LogP contribution in [-0.2, 0) is 76.9 Å². The molecule has 0 atom stereocenters. The van der Waals surface area contributed by atoms with E-state index in [0.717, 1.165) is 18.1 Å². The summed E-state index contributed by atoms with van der Waals surface area (Å²) in [7, 11) is -4.87. The summed E-state index contributed by atoms with van der Waals surface area (Å²) in [5, 5.41) is 0.566. The van der Waals surface area contributed by atoms with Gasteiger partial charge in [-0.3, -0.25) is 26.9 Å². The monoisotopic (exact) mass is 1630 g/mol. The van der Waals surface area contributed by atoms with Crippen LogP contribution in [0.3, 0.4) is 0 Å². The minimum Gasteiger partial charge on any atom is -0.497 e. The summed E-state index contributed by atoms with van der Waals surface area (Å²) in [4.78, 5) is 55.8. The van der Waals surface area contributed by atoms with E-state index in [9.17, 15) is 44.0 Å². The summed E-state index contributed by atoms with van der Waals surface area (Å²) < 4.78 is 154. The molecule has 10 aromatic rings. The van der Waals surface area contributed by atoms with E-state index in [0.29, 0.717) is 103 Å². The first kappa shape index (κ1) is 86.9. The maximum absolute atomic E-state index is 13.4. The predicted octanol–water partition coefficient (Wildman–Crippen LogP) is 14.3. The summed E-state index contributed by atoms with van der Waals surface area (Å²) in [5.41, 5.74) is 4.13. The number of anilines is 3. The molecule has 3 heterocycles. The third kappa shape index (κ3) is 27.7. The molecule has 0 spiro atoms. The number of halogens is 2. The quantitative estimate of drug-likeness (QED) is 0.0260. The van der Waals surface area contributed by atoms with Crippen molar-refractivity contribution in [3.05, 3.63) is 240 Å². The molecule has 7 aromatic carbocycles. The van der Waals surface area contributed by atoms with Gasteiger partial charge in [0.15, 0.2) is 0 Å². The van der Waals surface area contributed by atoms with Gasteiger partial charge in [0, 0.05) is 67.5 Å². The lowest BCUT2D eigenvalue weighted by Crippen LogP contribution is -2.28. The third-order valence-corrected chi connectivity index (χ3v) is 18.5. The minimum absolute atomic E-state index is 0.00874. The van der Waals surface area contributed by atoms with E-state index in [2.05, 4.69) is 15.0 Å². The average molecular weight is 1630 g/mol. The molecule has 0 saturated heterocycles. The zero-order valence-corrected chi connectivity index (χ0v) is 66.6. The number of carbonyl (C=O) groups is 3. The number of pyridine rings is 3. The van der Waals surface area contributed by atoms with Crippen molar-refractivity contribution in [3.8, 4) is 75.1 Å². The maximum Gasteiger partial charge on any atom is 0.296 e. The van der Waals surface area contributed by atoms with Gasteiger partial charge in [-0.25, -0.2) is 19.3 Å². The molecule has 0 aliphatic rings. The largest absolute Gasteiger partial charge is 0.497 e. The van der Waals surface area contributed by atoms with Crippen molar-refractivity contribution in [1.82, 2.24) is 15.0 Å². The zero-order chi connectivity index (χ0) is 81.7. The van der Waals surface area contributed by atoms with Crippen LogP contribution in [0.15, 0.2) is 212 Å². The Morgan fingerprint density at radius 3 is 1.07 bits per heavy atom. The molecule has 0 aliphatic carbocycles. The van der Waals surface area contributed by atoms with Crippen LogP contribution in [0.4, 0.5) is 21.5 Å². The van der Waals surface area contributed by atoms with Crippen molar-refractivity contribution in [3.63, 3.8) is 0 Å². The molecule has 10 rings (SSSR count). The molecule has 598 valence electrons. The molecule has 0 unspecified atom stereocenters. The molecule has 33 heteroatoms. The molecule has 0 N–H and O–H groups in total. The molecule has 28 nitrogen and oxygen atoms in total. The van der Waals surface area contributed by atoms with Gasteiger partial charge in [0.1, 0.15) is 107 Å². The van der Waals surface area contributed by atoms with E-state index in [4.69, 9.17) is 71.5 Å². The van der Waals surface area contributed by atoms with E-state index in [1.807, 2.05) is 6.92 Å². The van der Waals surface area contributed by atoms with Crippen molar-refractivity contribution in [2.24, 2.45) is 0 Å². The third-order valence-electron chi connectivity index (χ3n) is 15.8. The number of methoxy groups -OCH3 is 4. The lowest BCUT2D eigenvalue weighted by molar-refractivity contribution is -0.117. The number of carbonyl (C=O) groups excluding carboxylic acids is 3. The van der Waals surface area contributed by atoms with Crippen LogP contribution in [0.25, 0.3) is 0 Å². The second-order valence-corrected chi connectivity index (χ2v) is 29.5. The highest BCUT2D eigenvalue weighted by Crippen LogP contribution is 2.38. The molecule has 0 aliphatic heterocycles. The van der Waals surface area contributed by atoms with Gasteiger partial charge in [0.05, 0.1) is 78.7 Å². The first-order valence-corrected chi connectivity index (χ1v) is 39.9. The fourth-order valence-corrected chi connectivity index (χ4v) is 12.1. The molecule has 0 saturated carbocycles. The highest BCUT2D eigenvalue weighted by atomic mass is 35.5. The summed E-state index contributed by atoms with van der Waals surface area (Å²) in [5.74, 6) is 4.57. The van der Waals surface area contributed by atoms with E-state index in [1.165, 1.54) is 99.4 Å². The number of rotatable bonds is 36. The van der Waals surface area contributed by atoms with Crippen LogP contribution < -0.4 is 62.1 Å². The minimum atomic E-state index is -3.88. The second-order valence-electron chi connectivity index (χ2n) is 24.1. The van der Waals surface area contributed by atoms with Crippen molar-refractivity contribution in [2.75, 3.05) is 95.3 Å². The lowest BCUT2D eigenvalue weighted by Gasteiger charge is -2.24. The van der Waals surface area contributed by atoms with Gasteiger partial charge in [-0.1, -0.05) is 29.3 Å². The summed E-state index contributed by atoms with van der Waals surface area (Å²) >= 11 is 5.95. The smallest absolute Gasteiger partial charge is 0.296 e. The fourth-order valence-electron chi connectivity index (χ4n) is 10.3. The number of aromatic nitrogens is 3. The van der Waals surface area contributed by atoms with Gasteiger partial charge in [0.2, 0.25) is 35.4 Å². The molecular formula is C80H84ClFN6O22S3. The SMILES string of the molecule is COc1ccc(OCCCOS(=O)(=O)c2ccc(C)cc2)c(CN(C(C)=O)c2cccnc2Oc2ccc(F)cc2)c1.COc1ccc(OCCOS(C)(=O)=O)c(CN(C(C)=O)c2cccnc2Oc2ccc(Cl)cc2)c1.COc1ccc(Oc2ncccc2N(Cc2cc(OC)ccc2OCCOS(C)(=O)=O)C(C)=O)cc1. The number of benzene rings is 7. The van der Waals surface area contributed by atoms with Crippen molar-refractivity contribution in [2.45, 2.75) is 58.6 Å². The van der Waals surface area contributed by atoms with E-state index in [1.54, 1.807) is 171 Å². The summed E-state index contributed by atoms with van der Waals surface area (Å²) in [6.07, 6.45) is 6.90. The first-order valence-electron chi connectivity index (χ1n) is 34.4. The molecule has 113 heavy (non-hydrogen) atoms. The van der Waals surface area contributed by atoms with Gasteiger partial charge in [-0.2, -0.15) is 25.3 Å². The van der Waals surface area contributed by atoms with Crippen LogP contribution in [0.5, 0.6) is 75.1 Å². The maximum atomic E-state index is 13.4. The standard InChI is InChI=1S/C31H31FN2O7S.C25H28N2O8S.C24H25ClN2O7S/c1-22-7-14-28(15-8-22)42(36,37)40-19-5-18-39-30-16-13-27(38-3)20-24(30)21-34(23(2)35)29-6-4-17-33-31(29)41-26-11-9-25(32)10-12-26;1-18(28)27(23-6-5-13-26-25(23)35-21-9-7-20(31-2)8-10-21)17-19-16-22(32-3)11-12-24(19)33-14-15-34-36(4,29)30;1-17(28)27(22-5-4-12-26-24(22)34-20-8-6-19(25)7-9-20)16-18-15-21(31-2)10-11-23(18)32-13-14-33-35(3,29)30/h4,6-17,20H,5,18-19,21H2,1-3H3;5-13,16H,14-15,17H2,1-4H3;4-12,15H,13-14,16H2,1-3H3. The van der Waals surface area contributed by atoms with Crippen molar-refractivity contribution >= 4 is 76.7 Å². The summed E-state index contributed by atoms with van der Waals surface area (Å²) in [6, 6.07) is 51.3. The van der Waals surface area contributed by atoms with Crippen molar-refractivity contribution in [1.29, 1.82) is 0 Å². The Kier molecular flexibility index (Phi) is 32.4. The average Bonchev–Trinajstić information content (AvgIpc) is 0.817. The highest BCUT2D eigenvalue weighted by molar-refractivity contribution is 7.87. The Labute approximate surface area is 660 Å². The van der Waals surface area contributed by atoms with Crippen molar-refractivity contribution < 1.29 is 104 Å². The number of aryl methyl sites for hydroxylation is 1. The number of amides is 3. The molecule has 0 fully saturated rings. The lowest BCUT2D eigenvalue weighted by atomic mass is 10.1. The summed E-state index contributed by atoms with van der Waals surface area (Å²) in [6.45, 7) is 6.24. The Hall–Kier alpha value is -11.7. The first-order chi connectivity index (χ1) is 54.0. The number of hydrogen-bond donors (Lipinski definition) is 0. The van der Waals surface area contributed by atoms with E-state index < -0.39 is 36.2 Å². The van der Waals surface area contributed by atoms with E-state index in [-0.39, 0.29) is 99.5 Å². The predicted molar refractivity (Wildman–Crippen MR) is 420 cm³/mol. The van der Waals surface area contributed by atoms with Crippen LogP contribution in [-0.4, -0.2) is 139 Å². The molecular weight excluding hydrogens is 1550 g/mol. The Balaban J connectivity index is 0.000000214. The van der Waals surface area contributed by atoms with Gasteiger partial charge in [0.25, 0.3) is 30.4 Å². The normalized spacial score (nSPS) is 11.1. The van der Waals surface area contributed by atoms with Gasteiger partial charge in [-0.05, 0) is 183 Å². The van der Waals surface area contributed by atoms with Crippen LogP contribution in [0, 0.1) is 12.7 Å². The Bertz CT molecular complexity index is 5180. The van der Waals surface area contributed by atoms with Gasteiger partial charge < -0.3 is 62.1 Å². The van der Waals surface area contributed by atoms with Gasteiger partial charge >= 0.3 is 0 Å². The van der Waals surface area contributed by atoms with E-state index >= 15 is 0 Å². The van der Waals surface area contributed by atoms with Crippen LogP contribution >= 0.6 is 11.6 Å². The number of ether oxygens (including phenoxy) is 10. The zero-order valence-electron chi connectivity index (χ0n) is 63.3. The molecule has 0 radical (unpaired) electrons. The topological polar surface area (TPSA) is 322 Å². The fraction of sp³-hybridized carbons (Fsp3) is 0.250. The Morgan fingerprint density at radius 1 is 0.398 bits per heavy atom. The Morgan fingerprint density at radius 2 is 0.726 bits per heavy atom. The van der Waals surface area contributed by atoms with Crippen LogP contribution in [0.2, 0.25) is 5.02 Å². The molecule has 3 amide bonds. The van der Waals surface area contributed by atoms with Gasteiger partial charge in [-0.15, -0.1) is 0 Å². The molecule has 3 aromatic heterocycles.